The fourth-order valence-electron chi connectivity index (χ4n) is 2.03. The number of amides is 1. The van der Waals surface area contributed by atoms with Crippen LogP contribution in [-0.4, -0.2) is 36.9 Å². The van der Waals surface area contributed by atoms with Gasteiger partial charge in [-0.25, -0.2) is 0 Å². The number of aliphatic hydroxyl groups is 1. The van der Waals surface area contributed by atoms with Crippen molar-refractivity contribution in [2.75, 3.05) is 19.8 Å². The van der Waals surface area contributed by atoms with E-state index in [0.29, 0.717) is 18.9 Å². The maximum Gasteiger partial charge on any atom is 0.220 e. The van der Waals surface area contributed by atoms with Gasteiger partial charge in [-0.15, -0.1) is 0 Å². The minimum Gasteiger partial charge on any atom is -0.396 e. The zero-order chi connectivity index (χ0) is 12.5. The van der Waals surface area contributed by atoms with Crippen molar-refractivity contribution in [2.24, 2.45) is 5.92 Å². The fraction of sp³-hybridized carbons (Fsp3) is 0.923. The van der Waals surface area contributed by atoms with Crippen LogP contribution in [0.25, 0.3) is 0 Å². The van der Waals surface area contributed by atoms with E-state index in [1.54, 1.807) is 0 Å². The molecule has 1 amide bonds. The van der Waals surface area contributed by atoms with Gasteiger partial charge in [-0.1, -0.05) is 6.92 Å². The van der Waals surface area contributed by atoms with E-state index in [0.717, 1.165) is 32.3 Å². The van der Waals surface area contributed by atoms with Gasteiger partial charge >= 0.3 is 0 Å². The van der Waals surface area contributed by atoms with Crippen molar-refractivity contribution in [1.82, 2.24) is 5.32 Å². The molecule has 2 atom stereocenters. The highest BCUT2D eigenvalue weighted by Gasteiger charge is 2.15. The molecule has 0 saturated carbocycles. The van der Waals surface area contributed by atoms with Crippen molar-refractivity contribution in [3.63, 3.8) is 0 Å². The van der Waals surface area contributed by atoms with Gasteiger partial charge in [-0.05, 0) is 38.0 Å². The highest BCUT2D eigenvalue weighted by molar-refractivity contribution is 5.75. The summed E-state index contributed by atoms with van der Waals surface area (Å²) in [6.45, 7) is 3.72. The first kappa shape index (κ1) is 14.5. The largest absolute Gasteiger partial charge is 0.396 e. The monoisotopic (exact) mass is 243 g/mol. The predicted molar refractivity (Wildman–Crippen MR) is 66.7 cm³/mol. The van der Waals surface area contributed by atoms with Gasteiger partial charge < -0.3 is 15.2 Å². The number of carbonyl (C=O) groups is 1. The Balaban J connectivity index is 2.04. The predicted octanol–water partition coefficient (Wildman–Crippen LogP) is 1.47. The first-order valence-corrected chi connectivity index (χ1v) is 6.71. The lowest BCUT2D eigenvalue weighted by Crippen LogP contribution is -2.30. The molecule has 2 unspecified atom stereocenters. The van der Waals surface area contributed by atoms with Crippen LogP contribution in [0.15, 0.2) is 0 Å². The van der Waals surface area contributed by atoms with Gasteiger partial charge in [0.2, 0.25) is 5.91 Å². The minimum absolute atomic E-state index is 0.101. The first-order chi connectivity index (χ1) is 8.22. The van der Waals surface area contributed by atoms with Crippen molar-refractivity contribution in [3.8, 4) is 0 Å². The molecule has 100 valence electrons. The van der Waals surface area contributed by atoms with Crippen molar-refractivity contribution in [3.05, 3.63) is 0 Å². The lowest BCUT2D eigenvalue weighted by atomic mass is 10.0. The summed E-state index contributed by atoms with van der Waals surface area (Å²) < 4.78 is 5.58. The standard InChI is InChI=1S/C13H25NO3/c1-11(7-8-15)10-14-13(16)6-5-12-4-2-3-9-17-12/h11-12,15H,2-10H2,1H3,(H,14,16). The normalized spacial score (nSPS) is 22.1. The smallest absolute Gasteiger partial charge is 0.220 e. The molecule has 1 aliphatic heterocycles. The Bertz CT molecular complexity index is 215. The molecule has 0 bridgehead atoms. The summed E-state index contributed by atoms with van der Waals surface area (Å²) in [5.41, 5.74) is 0. The van der Waals surface area contributed by atoms with Crippen molar-refractivity contribution in [2.45, 2.75) is 51.6 Å². The van der Waals surface area contributed by atoms with Crippen LogP contribution in [-0.2, 0) is 9.53 Å². The molecule has 0 aromatic carbocycles. The maximum atomic E-state index is 11.6. The Kier molecular flexibility index (Phi) is 7.21. The topological polar surface area (TPSA) is 58.6 Å². The number of aliphatic hydroxyl groups excluding tert-OH is 1. The summed E-state index contributed by atoms with van der Waals surface area (Å²) in [7, 11) is 0. The van der Waals surface area contributed by atoms with E-state index in [4.69, 9.17) is 9.84 Å². The van der Waals surface area contributed by atoms with Crippen LogP contribution in [0, 0.1) is 5.92 Å². The van der Waals surface area contributed by atoms with Gasteiger partial charge in [0.25, 0.3) is 0 Å². The Hall–Kier alpha value is -0.610. The van der Waals surface area contributed by atoms with Crippen LogP contribution >= 0.6 is 0 Å². The Morgan fingerprint density at radius 2 is 2.35 bits per heavy atom. The van der Waals surface area contributed by atoms with Crippen LogP contribution in [0.1, 0.15) is 45.4 Å². The molecule has 0 aliphatic carbocycles. The van der Waals surface area contributed by atoms with E-state index in [2.05, 4.69) is 5.32 Å². The van der Waals surface area contributed by atoms with Gasteiger partial charge in [-0.2, -0.15) is 0 Å². The second-order valence-electron chi connectivity index (χ2n) is 4.95. The summed E-state index contributed by atoms with van der Waals surface area (Å²) in [6.07, 6.45) is 5.88. The number of nitrogens with one attached hydrogen (secondary N) is 1. The molecule has 0 radical (unpaired) electrons. The van der Waals surface area contributed by atoms with Gasteiger partial charge in [0, 0.05) is 26.2 Å². The van der Waals surface area contributed by atoms with E-state index >= 15 is 0 Å². The third kappa shape index (κ3) is 6.64. The molecule has 1 saturated heterocycles. The van der Waals surface area contributed by atoms with Gasteiger partial charge in [0.1, 0.15) is 0 Å². The summed E-state index contributed by atoms with van der Waals surface area (Å²) in [6, 6.07) is 0. The van der Waals surface area contributed by atoms with Gasteiger partial charge in [-0.3, -0.25) is 4.79 Å². The van der Waals surface area contributed by atoms with Crippen LogP contribution in [0.4, 0.5) is 0 Å². The van der Waals surface area contributed by atoms with E-state index in [1.807, 2.05) is 6.92 Å². The molecule has 1 fully saturated rings. The number of hydrogen-bond acceptors (Lipinski definition) is 3. The highest BCUT2D eigenvalue weighted by Crippen LogP contribution is 2.16. The SMILES string of the molecule is CC(CCO)CNC(=O)CCC1CCCCO1. The lowest BCUT2D eigenvalue weighted by molar-refractivity contribution is -0.122. The molecular formula is C13H25NO3. The number of carbonyl (C=O) groups excluding carboxylic acids is 1. The van der Waals surface area contributed by atoms with Crippen molar-refractivity contribution in [1.29, 1.82) is 0 Å². The number of rotatable bonds is 7. The lowest BCUT2D eigenvalue weighted by Gasteiger charge is -2.22. The third-order valence-electron chi connectivity index (χ3n) is 3.24. The Labute approximate surface area is 104 Å². The Morgan fingerprint density at radius 1 is 1.53 bits per heavy atom. The first-order valence-electron chi connectivity index (χ1n) is 6.71. The average Bonchev–Trinajstić information content (AvgIpc) is 2.35. The molecule has 1 heterocycles. The van der Waals surface area contributed by atoms with E-state index in [1.165, 1.54) is 6.42 Å². The molecule has 4 nitrogen and oxygen atoms in total. The summed E-state index contributed by atoms with van der Waals surface area (Å²) in [5.74, 6) is 0.443. The van der Waals surface area contributed by atoms with Crippen LogP contribution in [0.3, 0.4) is 0 Å². The van der Waals surface area contributed by atoms with Crippen LogP contribution < -0.4 is 5.32 Å². The maximum absolute atomic E-state index is 11.6. The van der Waals surface area contributed by atoms with E-state index in [9.17, 15) is 4.79 Å². The van der Waals surface area contributed by atoms with E-state index in [-0.39, 0.29) is 18.6 Å². The van der Waals surface area contributed by atoms with Gasteiger partial charge in [0.05, 0.1) is 6.10 Å². The molecule has 0 aromatic heterocycles. The molecule has 1 rings (SSSR count). The highest BCUT2D eigenvalue weighted by atomic mass is 16.5. The molecule has 2 N–H and O–H groups in total. The molecule has 1 aliphatic rings. The minimum atomic E-state index is 0.101. The quantitative estimate of drug-likeness (QED) is 0.712. The number of hydrogen-bond donors (Lipinski definition) is 2. The van der Waals surface area contributed by atoms with Gasteiger partial charge in [0.15, 0.2) is 0 Å². The summed E-state index contributed by atoms with van der Waals surface area (Å²) in [5, 5.41) is 11.6. The number of ether oxygens (including phenoxy) is 1. The fourth-order valence-corrected chi connectivity index (χ4v) is 2.03. The van der Waals surface area contributed by atoms with Crippen molar-refractivity contribution < 1.29 is 14.6 Å². The molecule has 0 spiro atoms. The van der Waals surface area contributed by atoms with Crippen molar-refractivity contribution >= 4 is 5.91 Å². The zero-order valence-corrected chi connectivity index (χ0v) is 10.8. The van der Waals surface area contributed by atoms with Crippen LogP contribution in [0.5, 0.6) is 0 Å². The zero-order valence-electron chi connectivity index (χ0n) is 10.8. The second-order valence-corrected chi connectivity index (χ2v) is 4.95. The molecule has 0 aromatic rings. The Morgan fingerprint density at radius 3 is 3.00 bits per heavy atom. The molecule has 17 heavy (non-hydrogen) atoms. The van der Waals surface area contributed by atoms with Crippen LogP contribution in [0.2, 0.25) is 0 Å². The molecule has 4 heteroatoms. The van der Waals surface area contributed by atoms with E-state index < -0.39 is 0 Å². The average molecular weight is 243 g/mol. The summed E-state index contributed by atoms with van der Waals surface area (Å²) in [4.78, 5) is 11.6. The summed E-state index contributed by atoms with van der Waals surface area (Å²) >= 11 is 0. The molecular weight excluding hydrogens is 218 g/mol. The second kappa shape index (κ2) is 8.48. The third-order valence-corrected chi connectivity index (χ3v) is 3.24.